The summed E-state index contributed by atoms with van der Waals surface area (Å²) in [5.74, 6) is 1.28. The predicted octanol–water partition coefficient (Wildman–Crippen LogP) is 7.53. The summed E-state index contributed by atoms with van der Waals surface area (Å²) in [6.45, 7) is 4.45. The summed E-state index contributed by atoms with van der Waals surface area (Å²) in [6, 6.07) is 0. The SMILES string of the molecule is C.C.C.C.C.[2H]P(CCCC)CSCCCCC. The van der Waals surface area contributed by atoms with Crippen LogP contribution < -0.4 is 0 Å². The van der Waals surface area contributed by atoms with Crippen LogP contribution in [0.2, 0.25) is 0 Å². The lowest BCUT2D eigenvalue weighted by molar-refractivity contribution is 0.779. The molecule has 0 rings (SSSR count). The molecule has 0 aromatic carbocycles. The van der Waals surface area contributed by atoms with Gasteiger partial charge in [0.1, 0.15) is 0 Å². The molecule has 0 N–H and O–H groups in total. The standard InChI is InChI=1S/C10H23PS.5CH4/c1-3-5-7-9-12-10-11-8-6-4-2;;;;;/h11H,3-10H2,1-2H3;5*1H4/i11D;;;;;. The molecule has 2 heteroatoms. The fourth-order valence-corrected chi connectivity index (χ4v) is 3.41. The van der Waals surface area contributed by atoms with Gasteiger partial charge >= 0.3 is 0 Å². The van der Waals surface area contributed by atoms with Gasteiger partial charge in [-0.15, -0.1) is 8.53 Å². The summed E-state index contributed by atoms with van der Waals surface area (Å²) in [5, 5.41) is 0. The molecule has 0 fully saturated rings. The summed E-state index contributed by atoms with van der Waals surface area (Å²) >= 11 is 1.99. The molecule has 0 aliphatic carbocycles. The molecule has 0 aliphatic rings. The highest BCUT2D eigenvalue weighted by Gasteiger charge is 1.89. The molecule has 0 spiro atoms. The minimum atomic E-state index is -0.394. The molecule has 0 aliphatic heterocycles. The Bertz CT molecular complexity index is 102. The Morgan fingerprint density at radius 1 is 0.882 bits per heavy atom. The summed E-state index contributed by atoms with van der Waals surface area (Å²) in [7, 11) is -0.394. The molecule has 0 saturated carbocycles. The molecule has 0 saturated heterocycles. The molecule has 0 aromatic rings. The summed E-state index contributed by atoms with van der Waals surface area (Å²) in [5.41, 5.74) is 1.11. The van der Waals surface area contributed by atoms with Crippen molar-refractivity contribution < 1.29 is 0 Å². The van der Waals surface area contributed by atoms with E-state index in [1.165, 1.54) is 37.9 Å². The van der Waals surface area contributed by atoms with Crippen LogP contribution in [0, 0.1) is 0 Å². The van der Waals surface area contributed by atoms with Crippen LogP contribution in [0.1, 0.15) is 83.1 Å². The van der Waals surface area contributed by atoms with Gasteiger partial charge in [-0.05, 0) is 24.8 Å². The van der Waals surface area contributed by atoms with Crippen molar-refractivity contribution in [3.63, 3.8) is 0 Å². The third-order valence-corrected chi connectivity index (χ3v) is 4.41. The topological polar surface area (TPSA) is 0 Å². The molecule has 0 heterocycles. The van der Waals surface area contributed by atoms with Crippen molar-refractivity contribution in [2.24, 2.45) is 0 Å². The molecule has 1 atom stereocenters. The minimum Gasteiger partial charge on any atom is -0.158 e. The van der Waals surface area contributed by atoms with Crippen molar-refractivity contribution in [2.75, 3.05) is 17.4 Å². The van der Waals surface area contributed by atoms with E-state index in [9.17, 15) is 0 Å². The highest BCUT2D eigenvalue weighted by molar-refractivity contribution is 8.03. The summed E-state index contributed by atoms with van der Waals surface area (Å²) < 4.78 is 7.80. The average molecular weight is 288 g/mol. The largest absolute Gasteiger partial charge is 0.158 e. The summed E-state index contributed by atoms with van der Waals surface area (Å²) in [6.07, 6.45) is 7.68. The average Bonchev–Trinajstić information content (AvgIpc) is 2.14. The lowest BCUT2D eigenvalue weighted by Crippen LogP contribution is -1.81. The van der Waals surface area contributed by atoms with E-state index < -0.39 is 8.53 Å². The van der Waals surface area contributed by atoms with E-state index in [0.717, 1.165) is 11.7 Å². The monoisotopic (exact) mass is 287 g/mol. The molecule has 114 valence electrons. The van der Waals surface area contributed by atoms with Crippen molar-refractivity contribution in [1.82, 2.24) is 0 Å². The Labute approximate surface area is 122 Å². The van der Waals surface area contributed by atoms with Gasteiger partial charge in [0, 0.05) is 5.49 Å². The molecule has 0 bridgehead atoms. The Morgan fingerprint density at radius 3 is 1.88 bits per heavy atom. The van der Waals surface area contributed by atoms with Crippen LogP contribution >= 0.6 is 20.3 Å². The molecule has 17 heavy (non-hydrogen) atoms. The lowest BCUT2D eigenvalue weighted by atomic mass is 10.3. The quantitative estimate of drug-likeness (QED) is 0.312. The third-order valence-electron chi connectivity index (χ3n) is 1.74. The second-order valence-electron chi connectivity index (χ2n) is 3.05. The Kier molecular flexibility index (Phi) is 64.8. The maximum atomic E-state index is 7.80. The summed E-state index contributed by atoms with van der Waals surface area (Å²) in [4.78, 5) is 0. The lowest BCUT2D eigenvalue weighted by Gasteiger charge is -2.00. The van der Waals surface area contributed by atoms with Gasteiger partial charge in [-0.2, -0.15) is 11.8 Å². The Balaban J connectivity index is -0.0000000720. The number of hydrogen-bond acceptors (Lipinski definition) is 1. The van der Waals surface area contributed by atoms with Crippen LogP contribution in [-0.4, -0.2) is 18.7 Å². The van der Waals surface area contributed by atoms with Crippen LogP contribution in [-0.2, 0) is 0 Å². The van der Waals surface area contributed by atoms with Crippen LogP contribution in [0.3, 0.4) is 0 Å². The molecular weight excluding hydrogens is 243 g/mol. The zero-order valence-corrected chi connectivity index (χ0v) is 10.2. The first-order chi connectivity index (χ1) is 6.31. The van der Waals surface area contributed by atoms with Crippen LogP contribution in [0.5, 0.6) is 0 Å². The number of hydrogen-bond donors (Lipinski definition) is 0. The normalized spacial score (nSPS) is 10.1. The Morgan fingerprint density at radius 2 is 1.41 bits per heavy atom. The molecule has 0 radical (unpaired) electrons. The van der Waals surface area contributed by atoms with Crippen molar-refractivity contribution in [1.29, 1.82) is 1.28 Å². The van der Waals surface area contributed by atoms with Gasteiger partial charge in [0.2, 0.25) is 0 Å². The van der Waals surface area contributed by atoms with Gasteiger partial charge in [0.05, 0.1) is 1.28 Å². The zero-order chi connectivity index (χ0) is 9.94. The minimum absolute atomic E-state index is 0. The van der Waals surface area contributed by atoms with Crippen LogP contribution in [0.25, 0.3) is 0 Å². The van der Waals surface area contributed by atoms with Gasteiger partial charge in [-0.25, -0.2) is 0 Å². The van der Waals surface area contributed by atoms with E-state index in [-0.39, 0.29) is 37.1 Å². The third kappa shape index (κ3) is 38.3. The van der Waals surface area contributed by atoms with E-state index in [2.05, 4.69) is 13.8 Å². The number of thioether (sulfide) groups is 1. The molecule has 0 aromatic heterocycles. The van der Waals surface area contributed by atoms with E-state index in [0.29, 0.717) is 0 Å². The first kappa shape index (κ1) is 30.7. The van der Waals surface area contributed by atoms with E-state index in [1.807, 2.05) is 11.8 Å². The number of rotatable bonds is 9. The predicted molar refractivity (Wildman–Crippen MR) is 98.6 cm³/mol. The van der Waals surface area contributed by atoms with Crippen molar-refractivity contribution in [2.45, 2.75) is 83.1 Å². The molecule has 0 amide bonds. The molecule has 0 nitrogen and oxygen atoms in total. The maximum Gasteiger partial charge on any atom is 0.0588 e. The molecular formula is C15H43PS. The van der Waals surface area contributed by atoms with Gasteiger partial charge in [0.15, 0.2) is 0 Å². The number of unbranched alkanes of at least 4 members (excludes halogenated alkanes) is 3. The van der Waals surface area contributed by atoms with E-state index >= 15 is 0 Å². The second kappa shape index (κ2) is 36.0. The fourth-order valence-electron chi connectivity index (χ4n) is 0.918. The smallest absolute Gasteiger partial charge is 0.0588 e. The van der Waals surface area contributed by atoms with E-state index in [1.54, 1.807) is 0 Å². The van der Waals surface area contributed by atoms with E-state index in [4.69, 9.17) is 1.28 Å². The van der Waals surface area contributed by atoms with Crippen molar-refractivity contribution >= 4 is 20.3 Å². The second-order valence-corrected chi connectivity index (χ2v) is 5.79. The first-order valence-corrected chi connectivity index (χ1v) is 7.54. The molecule has 1 unspecified atom stereocenters. The van der Waals surface area contributed by atoms with Gasteiger partial charge in [0.25, 0.3) is 0 Å². The maximum absolute atomic E-state index is 7.80. The fraction of sp³-hybridized carbons (Fsp3) is 1.00. The van der Waals surface area contributed by atoms with Gasteiger partial charge in [-0.3, -0.25) is 0 Å². The van der Waals surface area contributed by atoms with Gasteiger partial charge < -0.3 is 0 Å². The zero-order valence-electron chi connectivity index (χ0n) is 9.51. The first-order valence-electron chi connectivity index (χ1n) is 5.57. The van der Waals surface area contributed by atoms with Crippen molar-refractivity contribution in [3.05, 3.63) is 0 Å². The van der Waals surface area contributed by atoms with Crippen LogP contribution in [0.15, 0.2) is 0 Å². The van der Waals surface area contributed by atoms with Crippen molar-refractivity contribution in [3.8, 4) is 0 Å². The van der Waals surface area contributed by atoms with Gasteiger partial charge in [-0.1, -0.05) is 70.2 Å². The van der Waals surface area contributed by atoms with Crippen LogP contribution in [0.4, 0.5) is 0 Å². The highest BCUT2D eigenvalue weighted by Crippen LogP contribution is 2.20. The Hall–Kier alpha value is 0.780. The highest BCUT2D eigenvalue weighted by atomic mass is 32.2.